The van der Waals surface area contributed by atoms with E-state index in [1.807, 2.05) is 30.3 Å². The number of nitrogens with one attached hydrogen (secondary N) is 2. The summed E-state index contributed by atoms with van der Waals surface area (Å²) in [7, 11) is 0. The molecule has 0 radical (unpaired) electrons. The zero-order valence-electron chi connectivity index (χ0n) is 13.6. The van der Waals surface area contributed by atoms with Crippen molar-refractivity contribution in [1.82, 2.24) is 20.6 Å². The molecule has 1 aromatic carbocycles. The minimum atomic E-state index is -0.201. The van der Waals surface area contributed by atoms with Crippen LogP contribution in [0.5, 0.6) is 0 Å². The normalized spacial score (nSPS) is 17.7. The van der Waals surface area contributed by atoms with Crippen LogP contribution in [0.15, 0.2) is 36.5 Å². The van der Waals surface area contributed by atoms with Crippen molar-refractivity contribution in [3.8, 4) is 11.3 Å². The third kappa shape index (κ3) is 3.76. The zero-order valence-corrected chi connectivity index (χ0v) is 13.6. The van der Waals surface area contributed by atoms with E-state index in [1.54, 1.807) is 13.1 Å². The first-order chi connectivity index (χ1) is 11.6. The quantitative estimate of drug-likeness (QED) is 0.902. The molecule has 6 nitrogen and oxygen atoms in total. The van der Waals surface area contributed by atoms with Crippen molar-refractivity contribution < 1.29 is 9.59 Å². The van der Waals surface area contributed by atoms with Gasteiger partial charge in [-0.1, -0.05) is 30.3 Å². The maximum absolute atomic E-state index is 12.7. The molecule has 2 aromatic rings. The van der Waals surface area contributed by atoms with E-state index in [4.69, 9.17) is 0 Å². The average Bonchev–Trinajstić information content (AvgIpc) is 2.80. The standard InChI is InChI=1S/C18H20N4O2/c1-12-20-11-15(17(21-12)13-5-3-2-4-6-13)18(24)22-14-7-8-16(23)19-10-9-14/h2-6,11,14H,7-10H2,1H3,(H,19,23)(H,22,24). The zero-order chi connectivity index (χ0) is 16.9. The van der Waals surface area contributed by atoms with Crippen LogP contribution in [0.3, 0.4) is 0 Å². The minimum absolute atomic E-state index is 0.0265. The second-order valence-electron chi connectivity index (χ2n) is 5.89. The van der Waals surface area contributed by atoms with E-state index >= 15 is 0 Å². The number of aromatic nitrogens is 2. The van der Waals surface area contributed by atoms with Gasteiger partial charge in [-0.2, -0.15) is 0 Å². The molecule has 0 bridgehead atoms. The second-order valence-corrected chi connectivity index (χ2v) is 5.89. The summed E-state index contributed by atoms with van der Waals surface area (Å²) in [4.78, 5) is 32.8. The monoisotopic (exact) mass is 324 g/mol. The fourth-order valence-electron chi connectivity index (χ4n) is 2.78. The SMILES string of the molecule is Cc1ncc(C(=O)NC2CCNC(=O)CC2)c(-c2ccccc2)n1. The Hall–Kier alpha value is -2.76. The highest BCUT2D eigenvalue weighted by Crippen LogP contribution is 2.21. The Morgan fingerprint density at radius 2 is 2.04 bits per heavy atom. The van der Waals surface area contributed by atoms with Gasteiger partial charge < -0.3 is 10.6 Å². The Bertz CT molecular complexity index is 746. The smallest absolute Gasteiger partial charge is 0.255 e. The first-order valence-corrected chi connectivity index (χ1v) is 8.10. The lowest BCUT2D eigenvalue weighted by Crippen LogP contribution is -2.35. The number of nitrogens with zero attached hydrogens (tertiary/aromatic N) is 2. The molecule has 1 saturated heterocycles. The summed E-state index contributed by atoms with van der Waals surface area (Å²) in [5, 5.41) is 5.83. The number of amides is 2. The van der Waals surface area contributed by atoms with Gasteiger partial charge in [0.1, 0.15) is 5.82 Å². The molecule has 1 aliphatic rings. The Morgan fingerprint density at radius 3 is 2.83 bits per heavy atom. The number of carbonyl (C=O) groups excluding carboxylic acids is 2. The largest absolute Gasteiger partial charge is 0.356 e. The third-order valence-corrected chi connectivity index (χ3v) is 4.07. The predicted molar refractivity (Wildman–Crippen MR) is 90.3 cm³/mol. The van der Waals surface area contributed by atoms with Crippen LogP contribution in [-0.2, 0) is 4.79 Å². The summed E-state index contributed by atoms with van der Waals surface area (Å²) in [5.74, 6) is 0.457. The molecule has 1 aromatic heterocycles. The summed E-state index contributed by atoms with van der Waals surface area (Å²) in [6.45, 7) is 2.39. The van der Waals surface area contributed by atoms with Crippen LogP contribution in [0, 0.1) is 6.92 Å². The molecule has 0 spiro atoms. The summed E-state index contributed by atoms with van der Waals surface area (Å²) < 4.78 is 0. The number of carbonyl (C=O) groups is 2. The van der Waals surface area contributed by atoms with Crippen LogP contribution in [0.2, 0.25) is 0 Å². The first kappa shape index (κ1) is 16.1. The van der Waals surface area contributed by atoms with Crippen LogP contribution in [-0.4, -0.2) is 34.4 Å². The molecule has 24 heavy (non-hydrogen) atoms. The Balaban J connectivity index is 1.83. The Kier molecular flexibility index (Phi) is 4.84. The van der Waals surface area contributed by atoms with Crippen molar-refractivity contribution in [2.24, 2.45) is 0 Å². The molecule has 1 atom stereocenters. The summed E-state index contributed by atoms with van der Waals surface area (Å²) in [6.07, 6.45) is 3.37. The molecule has 3 rings (SSSR count). The van der Waals surface area contributed by atoms with Gasteiger partial charge in [0.15, 0.2) is 0 Å². The van der Waals surface area contributed by atoms with E-state index in [9.17, 15) is 9.59 Å². The molecular weight excluding hydrogens is 304 g/mol. The molecule has 2 amide bonds. The predicted octanol–water partition coefficient (Wildman–Crippen LogP) is 1.85. The molecule has 1 fully saturated rings. The highest BCUT2D eigenvalue weighted by Gasteiger charge is 2.21. The van der Waals surface area contributed by atoms with Crippen molar-refractivity contribution >= 4 is 11.8 Å². The maximum Gasteiger partial charge on any atom is 0.255 e. The molecule has 1 unspecified atom stereocenters. The molecule has 0 aliphatic carbocycles. The van der Waals surface area contributed by atoms with E-state index in [-0.39, 0.29) is 17.9 Å². The van der Waals surface area contributed by atoms with E-state index in [2.05, 4.69) is 20.6 Å². The molecule has 0 saturated carbocycles. The topological polar surface area (TPSA) is 84.0 Å². The number of rotatable bonds is 3. The van der Waals surface area contributed by atoms with Gasteiger partial charge >= 0.3 is 0 Å². The molecular formula is C18H20N4O2. The highest BCUT2D eigenvalue weighted by molar-refractivity contribution is 5.99. The highest BCUT2D eigenvalue weighted by atomic mass is 16.2. The van der Waals surface area contributed by atoms with Gasteiger partial charge in [0, 0.05) is 30.8 Å². The fraction of sp³-hybridized carbons (Fsp3) is 0.333. The summed E-state index contributed by atoms with van der Waals surface area (Å²) >= 11 is 0. The molecule has 6 heteroatoms. The minimum Gasteiger partial charge on any atom is -0.356 e. The Labute approximate surface area is 140 Å². The molecule has 1 aliphatic heterocycles. The lowest BCUT2D eigenvalue weighted by atomic mass is 10.0. The van der Waals surface area contributed by atoms with Gasteiger partial charge in [-0.05, 0) is 19.8 Å². The van der Waals surface area contributed by atoms with E-state index in [1.165, 1.54) is 0 Å². The van der Waals surface area contributed by atoms with Gasteiger partial charge in [0.05, 0.1) is 11.3 Å². The molecule has 2 N–H and O–H groups in total. The van der Waals surface area contributed by atoms with Crippen molar-refractivity contribution in [2.45, 2.75) is 32.2 Å². The lowest BCUT2D eigenvalue weighted by Gasteiger charge is -2.17. The van der Waals surface area contributed by atoms with Gasteiger partial charge in [-0.15, -0.1) is 0 Å². The van der Waals surface area contributed by atoms with Gasteiger partial charge in [-0.3, -0.25) is 9.59 Å². The molecule has 2 heterocycles. The van der Waals surface area contributed by atoms with Crippen LogP contribution in [0.25, 0.3) is 11.3 Å². The van der Waals surface area contributed by atoms with Crippen LogP contribution >= 0.6 is 0 Å². The third-order valence-electron chi connectivity index (χ3n) is 4.07. The number of hydrogen-bond donors (Lipinski definition) is 2. The van der Waals surface area contributed by atoms with E-state index in [0.29, 0.717) is 36.5 Å². The number of hydrogen-bond acceptors (Lipinski definition) is 4. The maximum atomic E-state index is 12.7. The second kappa shape index (κ2) is 7.21. The number of aryl methyl sites for hydroxylation is 1. The van der Waals surface area contributed by atoms with Crippen molar-refractivity contribution in [3.63, 3.8) is 0 Å². The van der Waals surface area contributed by atoms with Gasteiger partial charge in [0.25, 0.3) is 5.91 Å². The first-order valence-electron chi connectivity index (χ1n) is 8.10. The van der Waals surface area contributed by atoms with E-state index in [0.717, 1.165) is 12.0 Å². The number of benzene rings is 1. The van der Waals surface area contributed by atoms with Crippen LogP contribution in [0.4, 0.5) is 0 Å². The van der Waals surface area contributed by atoms with Crippen molar-refractivity contribution in [1.29, 1.82) is 0 Å². The van der Waals surface area contributed by atoms with E-state index < -0.39 is 0 Å². The lowest BCUT2D eigenvalue weighted by molar-refractivity contribution is -0.120. The van der Waals surface area contributed by atoms with Gasteiger partial charge in [0.2, 0.25) is 5.91 Å². The van der Waals surface area contributed by atoms with Gasteiger partial charge in [-0.25, -0.2) is 9.97 Å². The average molecular weight is 324 g/mol. The summed E-state index contributed by atoms with van der Waals surface area (Å²) in [5.41, 5.74) is 1.96. The fourth-order valence-corrected chi connectivity index (χ4v) is 2.78. The van der Waals surface area contributed by atoms with Crippen molar-refractivity contribution in [2.75, 3.05) is 6.54 Å². The van der Waals surface area contributed by atoms with Crippen LogP contribution < -0.4 is 10.6 Å². The van der Waals surface area contributed by atoms with Crippen molar-refractivity contribution in [3.05, 3.63) is 47.9 Å². The molecule has 124 valence electrons. The Morgan fingerprint density at radius 1 is 1.25 bits per heavy atom. The summed E-state index contributed by atoms with van der Waals surface area (Å²) in [6, 6.07) is 9.57. The van der Waals surface area contributed by atoms with Crippen LogP contribution in [0.1, 0.15) is 35.4 Å².